The van der Waals surface area contributed by atoms with Crippen molar-refractivity contribution < 1.29 is 0 Å². The lowest BCUT2D eigenvalue weighted by Gasteiger charge is -2.35. The van der Waals surface area contributed by atoms with Crippen molar-refractivity contribution in [2.24, 2.45) is 17.1 Å². The number of rotatable bonds is 3. The molecule has 2 nitrogen and oxygen atoms in total. The van der Waals surface area contributed by atoms with Crippen LogP contribution in [0.4, 0.5) is 0 Å². The zero-order chi connectivity index (χ0) is 15.0. The third-order valence-electron chi connectivity index (χ3n) is 5.75. The molecular formula is C19H32N2. The molecule has 2 N–H and O–H groups in total. The van der Waals surface area contributed by atoms with Gasteiger partial charge >= 0.3 is 0 Å². The van der Waals surface area contributed by atoms with Crippen LogP contribution in [0.25, 0.3) is 0 Å². The van der Waals surface area contributed by atoms with Gasteiger partial charge < -0.3 is 10.3 Å². The van der Waals surface area contributed by atoms with E-state index in [2.05, 4.69) is 31.4 Å². The number of hydrogen-bond acceptors (Lipinski definition) is 1. The van der Waals surface area contributed by atoms with Gasteiger partial charge in [0.1, 0.15) is 0 Å². The van der Waals surface area contributed by atoms with Crippen molar-refractivity contribution in [3.8, 4) is 0 Å². The molecule has 2 aliphatic rings. The fourth-order valence-electron chi connectivity index (χ4n) is 4.60. The van der Waals surface area contributed by atoms with Crippen LogP contribution < -0.4 is 5.73 Å². The first-order valence-corrected chi connectivity index (χ1v) is 8.91. The first-order chi connectivity index (χ1) is 9.96. The molecule has 3 rings (SSSR count). The predicted molar refractivity (Wildman–Crippen MR) is 89.4 cm³/mol. The summed E-state index contributed by atoms with van der Waals surface area (Å²) >= 11 is 0. The van der Waals surface area contributed by atoms with Gasteiger partial charge in [-0.25, -0.2) is 0 Å². The van der Waals surface area contributed by atoms with Gasteiger partial charge in [-0.05, 0) is 49.1 Å². The molecule has 0 aromatic carbocycles. The molecular weight excluding hydrogens is 256 g/mol. The molecule has 0 aliphatic heterocycles. The van der Waals surface area contributed by atoms with E-state index in [0.717, 1.165) is 12.3 Å². The summed E-state index contributed by atoms with van der Waals surface area (Å²) in [5.74, 6) is 0.960. The lowest BCUT2D eigenvalue weighted by Crippen LogP contribution is -2.30. The Bertz CT molecular complexity index is 492. The van der Waals surface area contributed by atoms with Gasteiger partial charge in [-0.3, -0.25) is 0 Å². The minimum atomic E-state index is 0.235. The summed E-state index contributed by atoms with van der Waals surface area (Å²) in [6, 6.07) is 2.59. The third kappa shape index (κ3) is 3.21. The Balaban J connectivity index is 1.76. The predicted octanol–water partition coefficient (Wildman–Crippen LogP) is 4.74. The van der Waals surface area contributed by atoms with Crippen LogP contribution in [0.1, 0.15) is 81.8 Å². The van der Waals surface area contributed by atoms with E-state index in [1.54, 1.807) is 0 Å². The number of fused-ring (bicyclic) bond motifs is 1. The summed E-state index contributed by atoms with van der Waals surface area (Å²) in [4.78, 5) is 0. The molecule has 0 bridgehead atoms. The normalized spacial score (nSPS) is 25.8. The van der Waals surface area contributed by atoms with Gasteiger partial charge in [-0.15, -0.1) is 0 Å². The quantitative estimate of drug-likeness (QED) is 0.855. The van der Waals surface area contributed by atoms with Crippen molar-refractivity contribution >= 4 is 0 Å². The van der Waals surface area contributed by atoms with Crippen molar-refractivity contribution in [3.05, 3.63) is 23.0 Å². The Hall–Kier alpha value is -0.760. The van der Waals surface area contributed by atoms with Crippen LogP contribution in [0.15, 0.2) is 6.07 Å². The highest BCUT2D eigenvalue weighted by Gasteiger charge is 2.33. The van der Waals surface area contributed by atoms with Crippen LogP contribution >= 0.6 is 0 Å². The van der Waals surface area contributed by atoms with E-state index < -0.39 is 0 Å². The van der Waals surface area contributed by atoms with E-state index in [1.165, 1.54) is 68.4 Å². The van der Waals surface area contributed by atoms with Crippen LogP contribution in [0.3, 0.4) is 0 Å². The monoisotopic (exact) mass is 288 g/mol. The first-order valence-electron chi connectivity index (χ1n) is 8.91. The van der Waals surface area contributed by atoms with Gasteiger partial charge in [0.2, 0.25) is 0 Å². The second-order valence-electron chi connectivity index (χ2n) is 8.28. The summed E-state index contributed by atoms with van der Waals surface area (Å²) in [5, 5.41) is 0. The maximum atomic E-state index is 6.43. The molecule has 1 fully saturated rings. The minimum absolute atomic E-state index is 0.235. The van der Waals surface area contributed by atoms with Crippen LogP contribution in [0.2, 0.25) is 0 Å². The molecule has 118 valence electrons. The van der Waals surface area contributed by atoms with Gasteiger partial charge in [0.05, 0.1) is 0 Å². The van der Waals surface area contributed by atoms with Gasteiger partial charge in [0.15, 0.2) is 0 Å². The standard InChI is InChI=1S/C19H32N2/c1-14-11-16-17(20)12-19(2,3)13-18(16)21(14)10-9-15-7-5-4-6-8-15/h11,15,17H,4-10,12-13,20H2,1-3H3. The molecule has 1 aromatic heterocycles. The molecule has 1 saturated carbocycles. The molecule has 0 spiro atoms. The van der Waals surface area contributed by atoms with E-state index in [9.17, 15) is 0 Å². The van der Waals surface area contributed by atoms with E-state index in [-0.39, 0.29) is 6.04 Å². The Morgan fingerprint density at radius 1 is 1.24 bits per heavy atom. The second kappa shape index (κ2) is 5.79. The highest BCUT2D eigenvalue weighted by atomic mass is 15.0. The van der Waals surface area contributed by atoms with Crippen molar-refractivity contribution in [1.82, 2.24) is 4.57 Å². The Labute approximate surface area is 130 Å². The van der Waals surface area contributed by atoms with Crippen LogP contribution in [-0.4, -0.2) is 4.57 Å². The molecule has 0 saturated heterocycles. The van der Waals surface area contributed by atoms with Crippen molar-refractivity contribution in [2.45, 2.75) is 84.7 Å². The Morgan fingerprint density at radius 2 is 1.95 bits per heavy atom. The fraction of sp³-hybridized carbons (Fsp3) is 0.789. The second-order valence-corrected chi connectivity index (χ2v) is 8.28. The fourth-order valence-corrected chi connectivity index (χ4v) is 4.60. The summed E-state index contributed by atoms with van der Waals surface area (Å²) in [6.45, 7) is 8.20. The average molecular weight is 288 g/mol. The molecule has 0 amide bonds. The number of aryl methyl sites for hydroxylation is 1. The summed E-state index contributed by atoms with van der Waals surface area (Å²) in [7, 11) is 0. The molecule has 2 aliphatic carbocycles. The largest absolute Gasteiger partial charge is 0.349 e. The maximum Gasteiger partial charge on any atom is 0.0318 e. The number of aromatic nitrogens is 1. The van der Waals surface area contributed by atoms with E-state index >= 15 is 0 Å². The third-order valence-corrected chi connectivity index (χ3v) is 5.75. The van der Waals surface area contributed by atoms with E-state index in [4.69, 9.17) is 5.73 Å². The SMILES string of the molecule is Cc1cc2c(n1CCC1CCCCC1)CC(C)(C)CC2N. The molecule has 1 unspecified atom stereocenters. The lowest BCUT2D eigenvalue weighted by molar-refractivity contribution is 0.270. The number of hydrogen-bond donors (Lipinski definition) is 1. The summed E-state index contributed by atoms with van der Waals surface area (Å²) < 4.78 is 2.59. The zero-order valence-corrected chi connectivity index (χ0v) is 14.1. The van der Waals surface area contributed by atoms with Crippen LogP contribution in [-0.2, 0) is 13.0 Å². The first kappa shape index (κ1) is 15.1. The van der Waals surface area contributed by atoms with E-state index in [1.807, 2.05) is 0 Å². The smallest absolute Gasteiger partial charge is 0.0318 e. The van der Waals surface area contributed by atoms with Gasteiger partial charge in [0, 0.05) is 24.0 Å². The highest BCUT2D eigenvalue weighted by Crippen LogP contribution is 2.41. The summed E-state index contributed by atoms with van der Waals surface area (Å²) in [6.07, 6.45) is 10.9. The molecule has 1 heterocycles. The Morgan fingerprint density at radius 3 is 2.67 bits per heavy atom. The summed E-state index contributed by atoms with van der Waals surface area (Å²) in [5.41, 5.74) is 11.2. The van der Waals surface area contributed by atoms with Gasteiger partial charge in [-0.2, -0.15) is 0 Å². The van der Waals surface area contributed by atoms with Gasteiger partial charge in [-0.1, -0.05) is 46.0 Å². The minimum Gasteiger partial charge on any atom is -0.349 e. The molecule has 0 radical (unpaired) electrons. The molecule has 21 heavy (non-hydrogen) atoms. The molecule has 2 heteroatoms. The molecule has 1 atom stereocenters. The number of nitrogens with two attached hydrogens (primary N) is 1. The van der Waals surface area contributed by atoms with Gasteiger partial charge in [0.25, 0.3) is 0 Å². The highest BCUT2D eigenvalue weighted by molar-refractivity contribution is 5.34. The van der Waals surface area contributed by atoms with E-state index in [0.29, 0.717) is 5.41 Å². The van der Waals surface area contributed by atoms with Crippen molar-refractivity contribution in [3.63, 3.8) is 0 Å². The lowest BCUT2D eigenvalue weighted by atomic mass is 9.74. The zero-order valence-electron chi connectivity index (χ0n) is 14.1. The topological polar surface area (TPSA) is 30.9 Å². The van der Waals surface area contributed by atoms with Crippen molar-refractivity contribution in [1.29, 1.82) is 0 Å². The van der Waals surface area contributed by atoms with Crippen LogP contribution in [0.5, 0.6) is 0 Å². The average Bonchev–Trinajstić information content (AvgIpc) is 2.73. The molecule has 1 aromatic rings. The number of nitrogens with zero attached hydrogens (tertiary/aromatic N) is 1. The van der Waals surface area contributed by atoms with Crippen LogP contribution in [0, 0.1) is 18.3 Å². The van der Waals surface area contributed by atoms with Crippen molar-refractivity contribution in [2.75, 3.05) is 0 Å². The maximum absolute atomic E-state index is 6.43. The Kier molecular flexibility index (Phi) is 4.18.